The zero-order valence-electron chi connectivity index (χ0n) is 10.4. The van der Waals surface area contributed by atoms with Crippen LogP contribution in [0, 0.1) is 0 Å². The van der Waals surface area contributed by atoms with Crippen molar-refractivity contribution in [1.29, 1.82) is 0 Å². The summed E-state index contributed by atoms with van der Waals surface area (Å²) in [4.78, 5) is 12.3. The molecule has 0 bridgehead atoms. The van der Waals surface area contributed by atoms with E-state index in [0.29, 0.717) is 11.7 Å². The molecule has 2 aromatic rings. The number of nitrogens with zero attached hydrogens (tertiary/aromatic N) is 4. The molecule has 6 nitrogen and oxygen atoms in total. The monoisotopic (exact) mass is 247 g/mol. The van der Waals surface area contributed by atoms with Crippen LogP contribution in [-0.4, -0.2) is 33.2 Å². The first-order valence-electron chi connectivity index (χ1n) is 5.94. The maximum atomic E-state index is 4.99. The van der Waals surface area contributed by atoms with Crippen molar-refractivity contribution in [2.45, 2.75) is 19.4 Å². The van der Waals surface area contributed by atoms with E-state index in [9.17, 15) is 0 Å². The minimum atomic E-state index is 0.637. The molecule has 0 aliphatic rings. The summed E-state index contributed by atoms with van der Waals surface area (Å²) < 4.78 is 7.07. The average Bonchev–Trinajstić information content (AvgIpc) is 2.92. The second-order valence-corrected chi connectivity index (χ2v) is 3.88. The number of anilines is 1. The molecule has 0 fully saturated rings. The average molecular weight is 247 g/mol. The van der Waals surface area contributed by atoms with Gasteiger partial charge in [0.15, 0.2) is 5.75 Å². The Morgan fingerprint density at radius 2 is 2.11 bits per heavy atom. The van der Waals surface area contributed by atoms with Crippen LogP contribution in [0.3, 0.4) is 0 Å². The fourth-order valence-corrected chi connectivity index (χ4v) is 1.55. The number of imidazole rings is 1. The number of aromatic nitrogens is 4. The van der Waals surface area contributed by atoms with Crippen molar-refractivity contribution in [2.24, 2.45) is 0 Å². The summed E-state index contributed by atoms with van der Waals surface area (Å²) in [6.45, 7) is 1.85. The normalized spacial score (nSPS) is 10.3. The summed E-state index contributed by atoms with van der Waals surface area (Å²) in [5, 5.41) is 3.17. The third-order valence-electron chi connectivity index (χ3n) is 2.55. The first kappa shape index (κ1) is 12.3. The van der Waals surface area contributed by atoms with Gasteiger partial charge in [-0.25, -0.2) is 15.0 Å². The predicted molar refractivity (Wildman–Crippen MR) is 68.5 cm³/mol. The van der Waals surface area contributed by atoms with E-state index in [1.165, 1.54) is 0 Å². The van der Waals surface area contributed by atoms with E-state index in [1.807, 2.05) is 12.5 Å². The highest BCUT2D eigenvalue weighted by atomic mass is 16.5. The van der Waals surface area contributed by atoms with Gasteiger partial charge in [0.05, 0.1) is 25.8 Å². The van der Waals surface area contributed by atoms with E-state index in [4.69, 9.17) is 4.74 Å². The molecule has 0 aliphatic heterocycles. The molecule has 0 aromatic carbocycles. The fourth-order valence-electron chi connectivity index (χ4n) is 1.55. The molecule has 2 heterocycles. The smallest absolute Gasteiger partial charge is 0.222 e. The maximum Gasteiger partial charge on any atom is 0.222 e. The standard InChI is InChI=1S/C12H17N5O/c1-18-11-8-15-12(16-9-11)14-4-2-3-6-17-7-5-13-10-17/h5,7-10H,2-4,6H2,1H3,(H,14,15,16). The number of unbranched alkanes of at least 4 members (excludes halogenated alkanes) is 1. The van der Waals surface area contributed by atoms with Crippen molar-refractivity contribution in [1.82, 2.24) is 19.5 Å². The molecule has 0 aliphatic carbocycles. The second kappa shape index (κ2) is 6.58. The van der Waals surface area contributed by atoms with Crippen LogP contribution in [0.2, 0.25) is 0 Å². The summed E-state index contributed by atoms with van der Waals surface area (Å²) >= 11 is 0. The van der Waals surface area contributed by atoms with Gasteiger partial charge in [-0.15, -0.1) is 0 Å². The van der Waals surface area contributed by atoms with Gasteiger partial charge in [0, 0.05) is 25.5 Å². The van der Waals surface area contributed by atoms with E-state index in [0.717, 1.165) is 25.9 Å². The van der Waals surface area contributed by atoms with Crippen LogP contribution < -0.4 is 10.1 Å². The summed E-state index contributed by atoms with van der Waals surface area (Å²) in [5.41, 5.74) is 0. The topological polar surface area (TPSA) is 64.9 Å². The molecule has 0 saturated carbocycles. The van der Waals surface area contributed by atoms with Crippen molar-refractivity contribution < 1.29 is 4.74 Å². The quantitative estimate of drug-likeness (QED) is 0.752. The Morgan fingerprint density at radius 1 is 1.28 bits per heavy atom. The third kappa shape index (κ3) is 3.73. The van der Waals surface area contributed by atoms with Crippen LogP contribution in [0.15, 0.2) is 31.1 Å². The number of ether oxygens (including phenoxy) is 1. The molecule has 0 unspecified atom stereocenters. The highest BCUT2D eigenvalue weighted by Gasteiger charge is 1.96. The van der Waals surface area contributed by atoms with Gasteiger partial charge in [0.2, 0.25) is 5.95 Å². The van der Waals surface area contributed by atoms with Gasteiger partial charge in [-0.2, -0.15) is 0 Å². The van der Waals surface area contributed by atoms with Gasteiger partial charge in [-0.05, 0) is 12.8 Å². The van der Waals surface area contributed by atoms with E-state index < -0.39 is 0 Å². The number of aryl methyl sites for hydroxylation is 1. The summed E-state index contributed by atoms with van der Waals surface area (Å²) in [6, 6.07) is 0. The van der Waals surface area contributed by atoms with E-state index in [2.05, 4.69) is 24.8 Å². The number of hydrogen-bond acceptors (Lipinski definition) is 5. The Morgan fingerprint density at radius 3 is 2.78 bits per heavy atom. The lowest BCUT2D eigenvalue weighted by Crippen LogP contribution is -2.06. The zero-order valence-corrected chi connectivity index (χ0v) is 10.4. The van der Waals surface area contributed by atoms with Gasteiger partial charge in [0.1, 0.15) is 0 Å². The predicted octanol–water partition coefficient (Wildman–Crippen LogP) is 1.57. The molecule has 0 amide bonds. The lowest BCUT2D eigenvalue weighted by Gasteiger charge is -2.05. The van der Waals surface area contributed by atoms with Crippen LogP contribution in [0.4, 0.5) is 5.95 Å². The Kier molecular flexibility index (Phi) is 4.52. The molecule has 18 heavy (non-hydrogen) atoms. The van der Waals surface area contributed by atoms with Crippen LogP contribution in [0.5, 0.6) is 5.75 Å². The fraction of sp³-hybridized carbons (Fsp3) is 0.417. The molecular formula is C12H17N5O. The minimum Gasteiger partial charge on any atom is -0.494 e. The van der Waals surface area contributed by atoms with Crippen LogP contribution in [0.25, 0.3) is 0 Å². The summed E-state index contributed by atoms with van der Waals surface area (Å²) in [6.07, 6.45) is 11.1. The zero-order chi connectivity index (χ0) is 12.6. The Bertz CT molecular complexity index is 440. The van der Waals surface area contributed by atoms with E-state index in [1.54, 1.807) is 25.7 Å². The lowest BCUT2D eigenvalue weighted by molar-refractivity contribution is 0.411. The molecule has 1 N–H and O–H groups in total. The van der Waals surface area contributed by atoms with Gasteiger partial charge in [0.25, 0.3) is 0 Å². The second-order valence-electron chi connectivity index (χ2n) is 3.88. The molecule has 0 spiro atoms. The summed E-state index contributed by atoms with van der Waals surface area (Å²) in [7, 11) is 1.60. The van der Waals surface area contributed by atoms with Crippen molar-refractivity contribution in [3.8, 4) is 5.75 Å². The van der Waals surface area contributed by atoms with Crippen molar-refractivity contribution in [3.05, 3.63) is 31.1 Å². The number of hydrogen-bond donors (Lipinski definition) is 1. The lowest BCUT2D eigenvalue weighted by atomic mass is 10.3. The molecule has 0 radical (unpaired) electrons. The Labute approximate surface area is 106 Å². The molecule has 0 saturated heterocycles. The van der Waals surface area contributed by atoms with Crippen LogP contribution in [0.1, 0.15) is 12.8 Å². The number of rotatable bonds is 7. The van der Waals surface area contributed by atoms with Crippen LogP contribution in [-0.2, 0) is 6.54 Å². The van der Waals surface area contributed by atoms with E-state index in [-0.39, 0.29) is 0 Å². The van der Waals surface area contributed by atoms with Crippen molar-refractivity contribution >= 4 is 5.95 Å². The van der Waals surface area contributed by atoms with Crippen molar-refractivity contribution in [3.63, 3.8) is 0 Å². The molecule has 6 heteroatoms. The molecule has 96 valence electrons. The minimum absolute atomic E-state index is 0.637. The third-order valence-corrected chi connectivity index (χ3v) is 2.55. The summed E-state index contributed by atoms with van der Waals surface area (Å²) in [5.74, 6) is 1.30. The number of nitrogens with one attached hydrogen (secondary N) is 1. The highest BCUT2D eigenvalue weighted by molar-refractivity contribution is 5.26. The van der Waals surface area contributed by atoms with Gasteiger partial charge in [-0.3, -0.25) is 0 Å². The molecule has 2 aromatic heterocycles. The Hall–Kier alpha value is -2.11. The number of methoxy groups -OCH3 is 1. The maximum absolute atomic E-state index is 4.99. The SMILES string of the molecule is COc1cnc(NCCCCn2ccnc2)nc1. The van der Waals surface area contributed by atoms with Gasteiger partial charge in [-0.1, -0.05) is 0 Å². The molecule has 0 atom stereocenters. The highest BCUT2D eigenvalue weighted by Crippen LogP contribution is 2.07. The van der Waals surface area contributed by atoms with Gasteiger partial charge < -0.3 is 14.6 Å². The van der Waals surface area contributed by atoms with E-state index >= 15 is 0 Å². The van der Waals surface area contributed by atoms with Gasteiger partial charge >= 0.3 is 0 Å². The molecular weight excluding hydrogens is 230 g/mol. The first-order chi connectivity index (χ1) is 8.88. The Balaban J connectivity index is 1.62. The first-order valence-corrected chi connectivity index (χ1v) is 5.94. The molecule has 2 rings (SSSR count). The van der Waals surface area contributed by atoms with Crippen LogP contribution >= 0.6 is 0 Å². The van der Waals surface area contributed by atoms with Crippen molar-refractivity contribution in [2.75, 3.05) is 19.0 Å². The largest absolute Gasteiger partial charge is 0.494 e.